The molecular formula is C30H30F3NO2. The van der Waals surface area contributed by atoms with E-state index in [9.17, 15) is 18.3 Å². The number of hydrogen-bond acceptors (Lipinski definition) is 3. The van der Waals surface area contributed by atoms with Crippen molar-refractivity contribution >= 4 is 5.71 Å². The Morgan fingerprint density at radius 1 is 1.14 bits per heavy atom. The molecule has 36 heavy (non-hydrogen) atoms. The zero-order valence-corrected chi connectivity index (χ0v) is 20.5. The summed E-state index contributed by atoms with van der Waals surface area (Å²) in [4.78, 5) is 5.04. The Morgan fingerprint density at radius 3 is 2.44 bits per heavy atom. The maximum atomic E-state index is 12.5. The predicted molar refractivity (Wildman–Crippen MR) is 138 cm³/mol. The number of ether oxygens (including phenoxy) is 1. The number of aliphatic hydroxyl groups is 1. The minimum absolute atomic E-state index is 0.00699. The number of allylic oxidation sites excluding steroid dienone is 8. The molecule has 1 aromatic carbocycles. The van der Waals surface area contributed by atoms with Crippen molar-refractivity contribution < 1.29 is 23.0 Å². The van der Waals surface area contributed by atoms with E-state index in [2.05, 4.69) is 55.2 Å². The maximum Gasteiger partial charge on any atom is 0.573 e. The topological polar surface area (TPSA) is 41.8 Å². The SMILES string of the molecule is C=C(O)C1=CC(C(Cc2ccc(C)cc2)C(=C)C)=NC2CC=C(C3C=CC(OC(F)(F)F)=CC3)C=C12. The number of hydrogen-bond donors (Lipinski definition) is 1. The number of aliphatic imine (C=N–C) groups is 1. The number of halogens is 3. The zero-order valence-electron chi connectivity index (χ0n) is 20.5. The smallest absolute Gasteiger partial charge is 0.508 e. The van der Waals surface area contributed by atoms with Gasteiger partial charge in [-0.15, -0.1) is 13.2 Å². The predicted octanol–water partition coefficient (Wildman–Crippen LogP) is 7.80. The van der Waals surface area contributed by atoms with Crippen LogP contribution in [0, 0.1) is 18.8 Å². The van der Waals surface area contributed by atoms with E-state index in [1.165, 1.54) is 23.3 Å². The Kier molecular flexibility index (Phi) is 7.25. The highest BCUT2D eigenvalue weighted by atomic mass is 19.4. The Bertz CT molecular complexity index is 1240. The molecule has 3 nitrogen and oxygen atoms in total. The highest BCUT2D eigenvalue weighted by Gasteiger charge is 2.33. The van der Waals surface area contributed by atoms with Crippen LogP contribution in [-0.4, -0.2) is 23.2 Å². The van der Waals surface area contributed by atoms with Crippen molar-refractivity contribution in [2.45, 2.75) is 45.5 Å². The second-order valence-corrected chi connectivity index (χ2v) is 9.56. The van der Waals surface area contributed by atoms with Gasteiger partial charge in [-0.3, -0.25) is 4.99 Å². The van der Waals surface area contributed by atoms with E-state index in [4.69, 9.17) is 4.99 Å². The zero-order chi connectivity index (χ0) is 26.0. The monoisotopic (exact) mass is 493 g/mol. The van der Waals surface area contributed by atoms with Gasteiger partial charge in [-0.2, -0.15) is 0 Å². The molecule has 3 atom stereocenters. The fourth-order valence-electron chi connectivity index (χ4n) is 4.78. The van der Waals surface area contributed by atoms with Crippen LogP contribution in [0.3, 0.4) is 0 Å². The van der Waals surface area contributed by atoms with Crippen LogP contribution in [-0.2, 0) is 11.2 Å². The Balaban J connectivity index is 1.56. The number of fused-ring (bicyclic) bond motifs is 1. The first-order valence-corrected chi connectivity index (χ1v) is 11.9. The average molecular weight is 494 g/mol. The second-order valence-electron chi connectivity index (χ2n) is 9.56. The normalized spacial score (nSPS) is 22.3. The number of nitrogens with zero attached hydrogens (tertiary/aromatic N) is 1. The van der Waals surface area contributed by atoms with Gasteiger partial charge in [0.1, 0.15) is 11.5 Å². The minimum Gasteiger partial charge on any atom is -0.508 e. The Labute approximate surface area is 210 Å². The molecule has 0 radical (unpaired) electrons. The molecule has 0 aromatic heterocycles. The summed E-state index contributed by atoms with van der Waals surface area (Å²) in [6.45, 7) is 12.0. The molecule has 1 aliphatic heterocycles. The first-order valence-electron chi connectivity index (χ1n) is 11.9. The van der Waals surface area contributed by atoms with Gasteiger partial charge < -0.3 is 9.84 Å². The van der Waals surface area contributed by atoms with Gasteiger partial charge in [-0.25, -0.2) is 0 Å². The first kappa shape index (κ1) is 25.5. The van der Waals surface area contributed by atoms with E-state index >= 15 is 0 Å². The number of aryl methyl sites for hydroxylation is 1. The van der Waals surface area contributed by atoms with Gasteiger partial charge in [0, 0.05) is 23.1 Å². The second kappa shape index (κ2) is 10.2. The molecule has 0 amide bonds. The summed E-state index contributed by atoms with van der Waals surface area (Å²) in [5.41, 5.74) is 6.72. The van der Waals surface area contributed by atoms with Crippen LogP contribution >= 0.6 is 0 Å². The molecule has 6 heteroatoms. The highest BCUT2D eigenvalue weighted by molar-refractivity contribution is 6.02. The quantitative estimate of drug-likeness (QED) is 0.311. The molecule has 0 fully saturated rings. The lowest BCUT2D eigenvalue weighted by atomic mass is 9.79. The van der Waals surface area contributed by atoms with E-state index in [1.807, 2.05) is 19.1 Å². The molecule has 188 valence electrons. The van der Waals surface area contributed by atoms with E-state index in [0.717, 1.165) is 28.9 Å². The van der Waals surface area contributed by atoms with Gasteiger partial charge in [-0.1, -0.05) is 66.8 Å². The Morgan fingerprint density at radius 2 is 1.86 bits per heavy atom. The highest BCUT2D eigenvalue weighted by Crippen LogP contribution is 2.38. The molecule has 0 saturated carbocycles. The standard InChI is InChI=1S/C30H30F3NO2/c1-18(2)25(15-21-7-5-19(3)6-8-21)29-17-26(20(4)35)27-16-23(11-14-28(27)34-29)22-9-12-24(13-10-22)36-30(31,32)33/h5-9,11-13,16-17,22,25,28,35H,1,4,10,14-15H2,2-3H3. The number of benzene rings is 1. The molecular weight excluding hydrogens is 463 g/mol. The summed E-state index contributed by atoms with van der Waals surface area (Å²) < 4.78 is 41.5. The van der Waals surface area contributed by atoms with Crippen LogP contribution in [0.2, 0.25) is 0 Å². The third-order valence-electron chi connectivity index (χ3n) is 6.72. The lowest BCUT2D eigenvalue weighted by Crippen LogP contribution is -2.27. The van der Waals surface area contributed by atoms with Crippen molar-refractivity contribution in [1.29, 1.82) is 0 Å². The van der Waals surface area contributed by atoms with Gasteiger partial charge >= 0.3 is 6.36 Å². The van der Waals surface area contributed by atoms with Crippen molar-refractivity contribution in [2.24, 2.45) is 16.8 Å². The van der Waals surface area contributed by atoms with Crippen LogP contribution in [0.25, 0.3) is 0 Å². The largest absolute Gasteiger partial charge is 0.573 e. The average Bonchev–Trinajstić information content (AvgIpc) is 2.82. The molecule has 0 saturated heterocycles. The van der Waals surface area contributed by atoms with Crippen molar-refractivity contribution in [2.75, 3.05) is 0 Å². The van der Waals surface area contributed by atoms with Crippen LogP contribution < -0.4 is 0 Å². The number of rotatable bonds is 7. The minimum atomic E-state index is -4.71. The van der Waals surface area contributed by atoms with E-state index < -0.39 is 6.36 Å². The maximum absolute atomic E-state index is 12.5. The van der Waals surface area contributed by atoms with Gasteiger partial charge in [0.25, 0.3) is 0 Å². The number of dihydropyridines is 1. The third kappa shape index (κ3) is 5.99. The van der Waals surface area contributed by atoms with Gasteiger partial charge in [0.05, 0.1) is 6.04 Å². The van der Waals surface area contributed by atoms with E-state index in [1.54, 1.807) is 6.08 Å². The van der Waals surface area contributed by atoms with Gasteiger partial charge in [0.2, 0.25) is 0 Å². The van der Waals surface area contributed by atoms with Crippen molar-refractivity contribution in [3.63, 3.8) is 0 Å². The summed E-state index contributed by atoms with van der Waals surface area (Å²) in [7, 11) is 0. The van der Waals surface area contributed by atoms with Crippen molar-refractivity contribution in [3.8, 4) is 0 Å². The molecule has 1 N–H and O–H groups in total. The van der Waals surface area contributed by atoms with Crippen molar-refractivity contribution in [1.82, 2.24) is 0 Å². The summed E-state index contributed by atoms with van der Waals surface area (Å²) in [5.74, 6) is -0.318. The third-order valence-corrected chi connectivity index (χ3v) is 6.72. The first-order chi connectivity index (χ1) is 17.0. The summed E-state index contributed by atoms with van der Waals surface area (Å²) in [6.07, 6.45) is 7.55. The molecule has 4 rings (SSSR count). The lowest BCUT2D eigenvalue weighted by molar-refractivity contribution is -0.303. The van der Waals surface area contributed by atoms with E-state index in [-0.39, 0.29) is 29.4 Å². The van der Waals surface area contributed by atoms with Crippen LogP contribution in [0.4, 0.5) is 13.2 Å². The van der Waals surface area contributed by atoms with Crippen LogP contribution in [0.5, 0.6) is 0 Å². The Hall–Kier alpha value is -3.54. The molecule has 3 unspecified atom stereocenters. The molecule has 1 heterocycles. The van der Waals surface area contributed by atoms with Gasteiger partial charge in [-0.05, 0) is 68.0 Å². The fourth-order valence-corrected chi connectivity index (χ4v) is 4.78. The van der Waals surface area contributed by atoms with Crippen LogP contribution in [0.15, 0.2) is 113 Å². The molecule has 3 aliphatic rings. The molecule has 0 spiro atoms. The fraction of sp³-hybridized carbons (Fsp3) is 0.300. The summed E-state index contributed by atoms with van der Waals surface area (Å²) in [6, 6.07) is 8.24. The molecule has 1 aromatic rings. The van der Waals surface area contributed by atoms with Crippen molar-refractivity contribution in [3.05, 3.63) is 119 Å². The molecule has 0 bridgehead atoms. The van der Waals surface area contributed by atoms with E-state index in [0.29, 0.717) is 18.4 Å². The number of alkyl halides is 3. The van der Waals surface area contributed by atoms with Gasteiger partial charge in [0.15, 0.2) is 0 Å². The lowest BCUT2D eigenvalue weighted by Gasteiger charge is -2.31. The summed E-state index contributed by atoms with van der Waals surface area (Å²) in [5, 5.41) is 10.5. The van der Waals surface area contributed by atoms with Crippen LogP contribution in [0.1, 0.15) is 30.9 Å². The molecule has 2 aliphatic carbocycles. The number of aliphatic hydroxyl groups excluding tert-OH is 1. The summed E-state index contributed by atoms with van der Waals surface area (Å²) >= 11 is 0.